The van der Waals surface area contributed by atoms with Crippen LogP contribution in [-0.4, -0.2) is 38.1 Å². The number of rotatable bonds is 7. The van der Waals surface area contributed by atoms with E-state index in [1.165, 1.54) is 13.3 Å². The number of hydrogen-bond acceptors (Lipinski definition) is 10. The van der Waals surface area contributed by atoms with Crippen LogP contribution in [0.2, 0.25) is 0 Å². The number of methoxy groups -OCH3 is 1. The van der Waals surface area contributed by atoms with Crippen molar-refractivity contribution in [1.29, 1.82) is 0 Å². The van der Waals surface area contributed by atoms with Crippen LogP contribution in [0.1, 0.15) is 16.2 Å². The Morgan fingerprint density at radius 2 is 1.97 bits per heavy atom. The van der Waals surface area contributed by atoms with Crippen LogP contribution < -0.4 is 21.1 Å². The maximum atomic E-state index is 11.9. The van der Waals surface area contributed by atoms with Crippen molar-refractivity contribution >= 4 is 29.2 Å². The van der Waals surface area contributed by atoms with Gasteiger partial charge in [0.15, 0.2) is 5.75 Å². The number of nitrogens with two attached hydrogens (primary N) is 1. The SMILES string of the molecule is COc1c(Nc2nc(Nc3ccccn3)ncc2C(N)=O)cccc1-c1noc(C)n1. The monoisotopic (exact) mass is 418 g/mol. The number of primary amides is 1. The van der Waals surface area contributed by atoms with Crippen LogP contribution in [0.5, 0.6) is 5.75 Å². The lowest BCUT2D eigenvalue weighted by molar-refractivity contribution is 0.100. The highest BCUT2D eigenvalue weighted by Gasteiger charge is 2.18. The molecule has 0 spiro atoms. The van der Waals surface area contributed by atoms with Crippen LogP contribution in [0.3, 0.4) is 0 Å². The third-order valence-electron chi connectivity index (χ3n) is 4.20. The summed E-state index contributed by atoms with van der Waals surface area (Å²) in [7, 11) is 1.51. The fraction of sp³-hybridized carbons (Fsp3) is 0.100. The van der Waals surface area contributed by atoms with Crippen molar-refractivity contribution < 1.29 is 14.1 Å². The third-order valence-corrected chi connectivity index (χ3v) is 4.20. The average Bonchev–Trinajstić information content (AvgIpc) is 3.20. The van der Waals surface area contributed by atoms with Gasteiger partial charge in [-0.15, -0.1) is 0 Å². The summed E-state index contributed by atoms with van der Waals surface area (Å²) in [6, 6.07) is 10.7. The van der Waals surface area contributed by atoms with Gasteiger partial charge in [-0.05, 0) is 24.3 Å². The number of carbonyl (C=O) groups is 1. The summed E-state index contributed by atoms with van der Waals surface area (Å²) in [5, 5.41) is 10.0. The van der Waals surface area contributed by atoms with Crippen molar-refractivity contribution in [2.75, 3.05) is 17.7 Å². The molecular formula is C20H18N8O3. The van der Waals surface area contributed by atoms with Crippen molar-refractivity contribution in [1.82, 2.24) is 25.1 Å². The minimum absolute atomic E-state index is 0.106. The average molecular weight is 418 g/mol. The number of hydrogen-bond donors (Lipinski definition) is 3. The van der Waals surface area contributed by atoms with Crippen molar-refractivity contribution in [2.24, 2.45) is 5.73 Å². The highest BCUT2D eigenvalue weighted by Crippen LogP contribution is 2.37. The lowest BCUT2D eigenvalue weighted by Crippen LogP contribution is -2.16. The van der Waals surface area contributed by atoms with Gasteiger partial charge in [-0.25, -0.2) is 9.97 Å². The van der Waals surface area contributed by atoms with Gasteiger partial charge < -0.3 is 25.6 Å². The van der Waals surface area contributed by atoms with Gasteiger partial charge >= 0.3 is 0 Å². The molecule has 0 atom stereocenters. The number of para-hydroxylation sites is 1. The Bertz CT molecular complexity index is 1230. The number of amides is 1. The fourth-order valence-corrected chi connectivity index (χ4v) is 2.84. The molecule has 3 heterocycles. The molecule has 0 saturated heterocycles. The number of ether oxygens (including phenoxy) is 1. The molecule has 0 aliphatic heterocycles. The fourth-order valence-electron chi connectivity index (χ4n) is 2.84. The molecule has 0 radical (unpaired) electrons. The first kappa shape index (κ1) is 19.8. The number of benzene rings is 1. The molecule has 4 N–H and O–H groups in total. The first-order chi connectivity index (χ1) is 15.0. The summed E-state index contributed by atoms with van der Waals surface area (Å²) >= 11 is 0. The van der Waals surface area contributed by atoms with Gasteiger partial charge in [-0.3, -0.25) is 4.79 Å². The van der Waals surface area contributed by atoms with Gasteiger partial charge in [0.1, 0.15) is 17.2 Å². The molecule has 31 heavy (non-hydrogen) atoms. The highest BCUT2D eigenvalue weighted by atomic mass is 16.5. The maximum Gasteiger partial charge on any atom is 0.254 e. The highest BCUT2D eigenvalue weighted by molar-refractivity contribution is 5.98. The molecule has 4 rings (SSSR count). The normalized spacial score (nSPS) is 10.5. The first-order valence-electron chi connectivity index (χ1n) is 9.14. The van der Waals surface area contributed by atoms with Crippen LogP contribution in [0, 0.1) is 6.92 Å². The largest absolute Gasteiger partial charge is 0.494 e. The van der Waals surface area contributed by atoms with Crippen molar-refractivity contribution in [3.8, 4) is 17.1 Å². The number of aryl methyl sites for hydroxylation is 1. The van der Waals surface area contributed by atoms with Crippen LogP contribution in [0.25, 0.3) is 11.4 Å². The second kappa shape index (κ2) is 8.45. The van der Waals surface area contributed by atoms with Gasteiger partial charge in [0, 0.05) is 19.3 Å². The summed E-state index contributed by atoms with van der Waals surface area (Å²) in [6.07, 6.45) is 2.97. The minimum Gasteiger partial charge on any atom is -0.494 e. The van der Waals surface area contributed by atoms with E-state index in [1.807, 2.05) is 6.07 Å². The van der Waals surface area contributed by atoms with Gasteiger partial charge in [-0.2, -0.15) is 9.97 Å². The van der Waals surface area contributed by atoms with Crippen LogP contribution in [-0.2, 0) is 0 Å². The van der Waals surface area contributed by atoms with E-state index in [2.05, 4.69) is 35.7 Å². The summed E-state index contributed by atoms with van der Waals surface area (Å²) in [6.45, 7) is 1.70. The molecule has 11 heteroatoms. The quantitative estimate of drug-likeness (QED) is 0.408. The number of aromatic nitrogens is 5. The lowest BCUT2D eigenvalue weighted by Gasteiger charge is -2.15. The molecule has 11 nitrogen and oxygen atoms in total. The Hall–Kier alpha value is -4.54. The molecule has 0 unspecified atom stereocenters. The van der Waals surface area contributed by atoms with E-state index < -0.39 is 5.91 Å². The summed E-state index contributed by atoms with van der Waals surface area (Å²) in [5.74, 6) is 1.52. The Morgan fingerprint density at radius 3 is 2.65 bits per heavy atom. The number of carbonyl (C=O) groups excluding carboxylic acids is 1. The zero-order valence-corrected chi connectivity index (χ0v) is 16.7. The predicted molar refractivity (Wildman–Crippen MR) is 112 cm³/mol. The topological polar surface area (TPSA) is 154 Å². The molecule has 1 aromatic carbocycles. The first-order valence-corrected chi connectivity index (χ1v) is 9.14. The zero-order valence-electron chi connectivity index (χ0n) is 16.7. The Balaban J connectivity index is 1.72. The van der Waals surface area contributed by atoms with Crippen LogP contribution in [0.4, 0.5) is 23.3 Å². The second-order valence-electron chi connectivity index (χ2n) is 6.31. The smallest absolute Gasteiger partial charge is 0.254 e. The molecule has 3 aromatic heterocycles. The zero-order chi connectivity index (χ0) is 21.8. The molecule has 1 amide bonds. The summed E-state index contributed by atoms with van der Waals surface area (Å²) in [4.78, 5) is 28.9. The van der Waals surface area contributed by atoms with Gasteiger partial charge in [0.05, 0.1) is 18.4 Å². The third kappa shape index (κ3) is 4.24. The predicted octanol–water partition coefficient (Wildman–Crippen LogP) is 2.82. The van der Waals surface area contributed by atoms with Crippen molar-refractivity contribution in [3.63, 3.8) is 0 Å². The van der Waals surface area contributed by atoms with E-state index in [-0.39, 0.29) is 17.3 Å². The van der Waals surface area contributed by atoms with E-state index in [1.54, 1.807) is 43.5 Å². The summed E-state index contributed by atoms with van der Waals surface area (Å²) < 4.78 is 10.6. The van der Waals surface area contributed by atoms with Gasteiger partial charge in [-0.1, -0.05) is 17.3 Å². The van der Waals surface area contributed by atoms with Crippen molar-refractivity contribution in [2.45, 2.75) is 6.92 Å². The molecule has 4 aromatic rings. The van der Waals surface area contributed by atoms with E-state index in [9.17, 15) is 4.79 Å². The maximum absolute atomic E-state index is 11.9. The number of anilines is 4. The van der Waals surface area contributed by atoms with Gasteiger partial charge in [0.25, 0.3) is 5.91 Å². The lowest BCUT2D eigenvalue weighted by atomic mass is 10.1. The molecule has 0 aliphatic carbocycles. The van der Waals surface area contributed by atoms with Crippen molar-refractivity contribution in [3.05, 3.63) is 60.2 Å². The second-order valence-corrected chi connectivity index (χ2v) is 6.31. The number of nitrogens with zero attached hydrogens (tertiary/aromatic N) is 5. The molecular weight excluding hydrogens is 400 g/mol. The summed E-state index contributed by atoms with van der Waals surface area (Å²) in [5.41, 5.74) is 6.74. The van der Waals surface area contributed by atoms with E-state index >= 15 is 0 Å². The minimum atomic E-state index is -0.684. The molecule has 0 fully saturated rings. The van der Waals surface area contributed by atoms with Gasteiger partial charge in [0.2, 0.25) is 17.7 Å². The molecule has 156 valence electrons. The molecule has 0 bridgehead atoms. The number of nitrogens with one attached hydrogen (secondary N) is 2. The number of pyridine rings is 1. The standard InChI is InChI=1S/C20H18N8O3/c1-11-24-19(28-31-11)12-6-5-7-14(16(12)30-2)25-18-13(17(21)29)10-23-20(27-18)26-15-8-3-4-9-22-15/h3-10H,1-2H3,(H2,21,29)(H2,22,23,25,26,27). The van der Waals surface area contributed by atoms with E-state index in [4.69, 9.17) is 15.0 Å². The Morgan fingerprint density at radius 1 is 1.10 bits per heavy atom. The Kier molecular flexibility index (Phi) is 5.39. The molecule has 0 aliphatic rings. The van der Waals surface area contributed by atoms with Crippen LogP contribution >= 0.6 is 0 Å². The van der Waals surface area contributed by atoms with E-state index in [0.29, 0.717) is 34.5 Å². The van der Waals surface area contributed by atoms with Crippen LogP contribution in [0.15, 0.2) is 53.3 Å². The molecule has 0 saturated carbocycles. The Labute approximate surface area is 176 Å². The van der Waals surface area contributed by atoms with E-state index in [0.717, 1.165) is 0 Å².